The Balaban J connectivity index is 2.47. The van der Waals surface area contributed by atoms with E-state index in [1.807, 2.05) is 13.1 Å². The van der Waals surface area contributed by atoms with E-state index in [0.717, 1.165) is 50.6 Å². The molecule has 1 N–H and O–H groups in total. The predicted octanol–water partition coefficient (Wildman–Crippen LogP) is 1.17. The molecule has 1 aromatic rings. The van der Waals surface area contributed by atoms with Crippen LogP contribution in [0.3, 0.4) is 0 Å². The van der Waals surface area contributed by atoms with Gasteiger partial charge in [0.25, 0.3) is 0 Å². The number of likely N-dealkylation sites (N-methyl/N-ethyl adjacent to an activating group) is 1. The molecule has 5 heteroatoms. The van der Waals surface area contributed by atoms with Gasteiger partial charge < -0.3 is 14.7 Å². The molecule has 0 aliphatic rings. The molecule has 0 spiro atoms. The van der Waals surface area contributed by atoms with Crippen molar-refractivity contribution >= 4 is 0 Å². The summed E-state index contributed by atoms with van der Waals surface area (Å²) < 4.78 is 5.36. The zero-order valence-electron chi connectivity index (χ0n) is 12.1. The Morgan fingerprint density at radius 2 is 2.06 bits per heavy atom. The van der Waals surface area contributed by atoms with E-state index in [2.05, 4.69) is 41.3 Å². The second kappa shape index (κ2) is 8.24. The zero-order valence-corrected chi connectivity index (χ0v) is 12.1. The van der Waals surface area contributed by atoms with Crippen molar-refractivity contribution in [2.24, 2.45) is 0 Å². The van der Waals surface area contributed by atoms with Gasteiger partial charge in [-0.2, -0.15) is 0 Å². The molecule has 0 atom stereocenters. The number of nitrogens with zero attached hydrogens (tertiary/aromatic N) is 3. The Kier molecular flexibility index (Phi) is 6.93. The second-order valence-electron chi connectivity index (χ2n) is 4.89. The predicted molar refractivity (Wildman–Crippen MR) is 73.4 cm³/mol. The van der Waals surface area contributed by atoms with Gasteiger partial charge in [0, 0.05) is 25.7 Å². The van der Waals surface area contributed by atoms with Crippen LogP contribution in [-0.2, 0) is 13.1 Å². The summed E-state index contributed by atoms with van der Waals surface area (Å²) in [6.07, 6.45) is 1.16. The van der Waals surface area contributed by atoms with Crippen LogP contribution in [0.1, 0.15) is 24.8 Å². The lowest BCUT2D eigenvalue weighted by Gasteiger charge is -2.22. The first-order valence-corrected chi connectivity index (χ1v) is 6.61. The highest BCUT2D eigenvalue weighted by Gasteiger charge is 2.10. The fourth-order valence-electron chi connectivity index (χ4n) is 1.84. The molecule has 0 aliphatic carbocycles. The van der Waals surface area contributed by atoms with E-state index in [-0.39, 0.29) is 0 Å². The van der Waals surface area contributed by atoms with Crippen LogP contribution in [0.4, 0.5) is 0 Å². The Hall–Kier alpha value is -0.910. The molecule has 0 unspecified atom stereocenters. The first-order chi connectivity index (χ1) is 8.65. The quantitative estimate of drug-likeness (QED) is 0.716. The molecule has 0 saturated carbocycles. The third kappa shape index (κ3) is 5.62. The average molecular weight is 254 g/mol. The van der Waals surface area contributed by atoms with Gasteiger partial charge in [0.2, 0.25) is 0 Å². The summed E-state index contributed by atoms with van der Waals surface area (Å²) >= 11 is 0. The molecule has 0 fully saturated rings. The van der Waals surface area contributed by atoms with E-state index >= 15 is 0 Å². The van der Waals surface area contributed by atoms with Crippen molar-refractivity contribution in [3.8, 4) is 0 Å². The largest absolute Gasteiger partial charge is 0.360 e. The summed E-state index contributed by atoms with van der Waals surface area (Å²) in [5.41, 5.74) is 0.969. The Morgan fingerprint density at radius 1 is 1.28 bits per heavy atom. The maximum atomic E-state index is 5.36. The van der Waals surface area contributed by atoms with E-state index in [1.165, 1.54) is 0 Å². The molecule has 0 radical (unpaired) electrons. The summed E-state index contributed by atoms with van der Waals surface area (Å²) in [6.45, 7) is 7.03. The van der Waals surface area contributed by atoms with Crippen molar-refractivity contribution in [3.63, 3.8) is 0 Å². The number of nitrogens with one attached hydrogen (secondary N) is 1. The SMILES string of the molecule is CCCN(CCN(C)C)Cc1cc(CNC)no1. The molecule has 18 heavy (non-hydrogen) atoms. The van der Waals surface area contributed by atoms with Gasteiger partial charge in [0.15, 0.2) is 5.76 Å². The molecule has 5 nitrogen and oxygen atoms in total. The summed E-state index contributed by atoms with van der Waals surface area (Å²) in [6, 6.07) is 2.04. The molecule has 0 aromatic carbocycles. The number of hydrogen-bond donors (Lipinski definition) is 1. The van der Waals surface area contributed by atoms with Crippen molar-refractivity contribution in [1.82, 2.24) is 20.3 Å². The number of hydrogen-bond acceptors (Lipinski definition) is 5. The van der Waals surface area contributed by atoms with Crippen LogP contribution in [0.25, 0.3) is 0 Å². The molecule has 1 rings (SSSR count). The van der Waals surface area contributed by atoms with Gasteiger partial charge >= 0.3 is 0 Å². The molecular weight excluding hydrogens is 228 g/mol. The van der Waals surface area contributed by atoms with Gasteiger partial charge in [-0.15, -0.1) is 0 Å². The van der Waals surface area contributed by atoms with Gasteiger partial charge in [-0.05, 0) is 34.1 Å². The topological polar surface area (TPSA) is 44.5 Å². The minimum atomic E-state index is 0.759. The van der Waals surface area contributed by atoms with Crippen LogP contribution >= 0.6 is 0 Å². The fourth-order valence-corrected chi connectivity index (χ4v) is 1.84. The summed E-state index contributed by atoms with van der Waals surface area (Å²) in [7, 11) is 6.11. The van der Waals surface area contributed by atoms with E-state index in [0.29, 0.717) is 0 Å². The van der Waals surface area contributed by atoms with Crippen molar-refractivity contribution in [2.45, 2.75) is 26.4 Å². The molecule has 0 bridgehead atoms. The monoisotopic (exact) mass is 254 g/mol. The van der Waals surface area contributed by atoms with Gasteiger partial charge in [-0.1, -0.05) is 12.1 Å². The minimum Gasteiger partial charge on any atom is -0.360 e. The summed E-state index contributed by atoms with van der Waals surface area (Å²) in [5, 5.41) is 7.11. The van der Waals surface area contributed by atoms with Gasteiger partial charge in [0.05, 0.1) is 12.2 Å². The van der Waals surface area contributed by atoms with E-state index in [9.17, 15) is 0 Å². The van der Waals surface area contributed by atoms with E-state index in [1.54, 1.807) is 0 Å². The molecule has 0 amide bonds. The van der Waals surface area contributed by atoms with Crippen LogP contribution in [0.2, 0.25) is 0 Å². The van der Waals surface area contributed by atoms with Gasteiger partial charge in [-0.25, -0.2) is 0 Å². The minimum absolute atomic E-state index is 0.759. The number of aromatic nitrogens is 1. The number of rotatable bonds is 9. The highest BCUT2D eigenvalue weighted by Crippen LogP contribution is 2.08. The van der Waals surface area contributed by atoms with Crippen LogP contribution in [0.5, 0.6) is 0 Å². The molecule has 1 heterocycles. The third-order valence-corrected chi connectivity index (χ3v) is 2.75. The van der Waals surface area contributed by atoms with E-state index in [4.69, 9.17) is 4.52 Å². The fraction of sp³-hybridized carbons (Fsp3) is 0.769. The van der Waals surface area contributed by atoms with Crippen LogP contribution in [0.15, 0.2) is 10.6 Å². The molecular formula is C13H26N4O. The van der Waals surface area contributed by atoms with Crippen LogP contribution in [0, 0.1) is 0 Å². The van der Waals surface area contributed by atoms with Crippen molar-refractivity contribution in [2.75, 3.05) is 40.8 Å². The van der Waals surface area contributed by atoms with Crippen molar-refractivity contribution in [3.05, 3.63) is 17.5 Å². The molecule has 104 valence electrons. The van der Waals surface area contributed by atoms with Gasteiger partial charge in [0.1, 0.15) is 0 Å². The zero-order chi connectivity index (χ0) is 13.4. The summed E-state index contributed by atoms with van der Waals surface area (Å²) in [5.74, 6) is 0.951. The van der Waals surface area contributed by atoms with Crippen LogP contribution < -0.4 is 5.32 Å². The second-order valence-corrected chi connectivity index (χ2v) is 4.89. The molecule has 0 aliphatic heterocycles. The maximum absolute atomic E-state index is 5.36. The van der Waals surface area contributed by atoms with Gasteiger partial charge in [-0.3, -0.25) is 4.90 Å². The maximum Gasteiger partial charge on any atom is 0.151 e. The third-order valence-electron chi connectivity index (χ3n) is 2.75. The first-order valence-electron chi connectivity index (χ1n) is 6.61. The first kappa shape index (κ1) is 15.1. The lowest BCUT2D eigenvalue weighted by molar-refractivity contribution is 0.209. The standard InChI is InChI=1S/C13H26N4O/c1-5-6-17(8-7-16(3)4)11-13-9-12(10-14-2)15-18-13/h9,14H,5-8,10-11H2,1-4H3. The summed E-state index contributed by atoms with van der Waals surface area (Å²) in [4.78, 5) is 4.61. The van der Waals surface area contributed by atoms with Crippen molar-refractivity contribution in [1.29, 1.82) is 0 Å². The highest BCUT2D eigenvalue weighted by molar-refractivity contribution is 5.05. The van der Waals surface area contributed by atoms with E-state index < -0.39 is 0 Å². The van der Waals surface area contributed by atoms with Crippen LogP contribution in [-0.4, -0.2) is 55.7 Å². The smallest absolute Gasteiger partial charge is 0.151 e. The Morgan fingerprint density at radius 3 is 2.67 bits per heavy atom. The van der Waals surface area contributed by atoms with Crippen molar-refractivity contribution < 1.29 is 4.52 Å². The Bertz CT molecular complexity index is 325. The lowest BCUT2D eigenvalue weighted by atomic mass is 10.3. The lowest BCUT2D eigenvalue weighted by Crippen LogP contribution is -2.31. The Labute approximate surface area is 110 Å². The molecule has 1 aromatic heterocycles. The normalized spacial score (nSPS) is 11.7. The average Bonchev–Trinajstić information content (AvgIpc) is 2.74. The molecule has 0 saturated heterocycles. The highest BCUT2D eigenvalue weighted by atomic mass is 16.5.